The van der Waals surface area contributed by atoms with Gasteiger partial charge in [0.1, 0.15) is 16.7 Å². The maximum Gasteiger partial charge on any atom is 0.242 e. The second-order valence-corrected chi connectivity index (χ2v) is 6.07. The zero-order valence-corrected chi connectivity index (χ0v) is 12.4. The summed E-state index contributed by atoms with van der Waals surface area (Å²) in [4.78, 5) is 5.73. The lowest BCUT2D eigenvalue weighted by molar-refractivity contribution is 0.122. The molecule has 0 amide bonds. The van der Waals surface area contributed by atoms with Gasteiger partial charge in [0.05, 0.1) is 13.2 Å². The SMILES string of the molecule is CN(C)CCOCCNS(=O)(=O)c1ccc(C#N)nc1. The zero-order valence-electron chi connectivity index (χ0n) is 11.5. The summed E-state index contributed by atoms with van der Waals surface area (Å²) in [5.74, 6) is 0. The number of aromatic nitrogens is 1. The number of likely N-dealkylation sites (N-methyl/N-ethyl adjacent to an activating group) is 1. The fourth-order valence-corrected chi connectivity index (χ4v) is 2.24. The molecule has 7 nitrogen and oxygen atoms in total. The summed E-state index contributed by atoms with van der Waals surface area (Å²) in [5, 5.41) is 8.60. The average molecular weight is 298 g/mol. The third-order valence-electron chi connectivity index (χ3n) is 2.38. The fraction of sp³-hybridized carbons (Fsp3) is 0.500. The molecule has 1 aromatic heterocycles. The second-order valence-electron chi connectivity index (χ2n) is 4.30. The Morgan fingerprint density at radius 3 is 2.70 bits per heavy atom. The lowest BCUT2D eigenvalue weighted by Gasteiger charge is -2.10. The number of nitrogens with zero attached hydrogens (tertiary/aromatic N) is 3. The van der Waals surface area contributed by atoms with Crippen molar-refractivity contribution in [2.24, 2.45) is 0 Å². The minimum atomic E-state index is -3.60. The molecule has 0 saturated heterocycles. The first-order valence-corrected chi connectivity index (χ1v) is 7.52. The molecule has 1 aromatic rings. The third kappa shape index (κ3) is 5.63. The highest BCUT2D eigenvalue weighted by molar-refractivity contribution is 7.89. The first kappa shape index (κ1) is 16.5. The maximum absolute atomic E-state index is 11.9. The number of sulfonamides is 1. The Kier molecular flexibility index (Phi) is 6.54. The van der Waals surface area contributed by atoms with Crippen molar-refractivity contribution >= 4 is 10.0 Å². The Labute approximate surface area is 119 Å². The van der Waals surface area contributed by atoms with E-state index >= 15 is 0 Å². The number of pyridine rings is 1. The number of hydrogen-bond donors (Lipinski definition) is 1. The van der Waals surface area contributed by atoms with Crippen LogP contribution in [0.25, 0.3) is 0 Å². The van der Waals surface area contributed by atoms with E-state index in [1.54, 1.807) is 0 Å². The van der Waals surface area contributed by atoms with Gasteiger partial charge in [0.15, 0.2) is 0 Å². The minimum Gasteiger partial charge on any atom is -0.379 e. The van der Waals surface area contributed by atoms with Gasteiger partial charge in [-0.15, -0.1) is 0 Å². The van der Waals surface area contributed by atoms with Gasteiger partial charge >= 0.3 is 0 Å². The van der Waals surface area contributed by atoms with E-state index in [2.05, 4.69) is 9.71 Å². The first-order chi connectivity index (χ1) is 9.45. The van der Waals surface area contributed by atoms with Crippen LogP contribution in [-0.4, -0.2) is 58.7 Å². The lowest BCUT2D eigenvalue weighted by Crippen LogP contribution is -2.28. The van der Waals surface area contributed by atoms with Gasteiger partial charge in [-0.1, -0.05) is 0 Å². The molecule has 0 radical (unpaired) electrons. The third-order valence-corrected chi connectivity index (χ3v) is 3.83. The Morgan fingerprint density at radius 1 is 1.40 bits per heavy atom. The van der Waals surface area contributed by atoms with E-state index in [0.29, 0.717) is 13.2 Å². The monoisotopic (exact) mass is 298 g/mol. The maximum atomic E-state index is 11.9. The molecule has 20 heavy (non-hydrogen) atoms. The number of rotatable bonds is 8. The molecule has 8 heteroatoms. The fourth-order valence-electron chi connectivity index (χ4n) is 1.29. The molecule has 0 atom stereocenters. The molecule has 0 aliphatic carbocycles. The molecule has 1 rings (SSSR count). The molecule has 0 spiro atoms. The molecule has 0 saturated carbocycles. The summed E-state index contributed by atoms with van der Waals surface area (Å²) in [6.07, 6.45) is 1.16. The van der Waals surface area contributed by atoms with Gasteiger partial charge in [0.2, 0.25) is 10.0 Å². The molecule has 1 heterocycles. The molecule has 0 aliphatic rings. The van der Waals surface area contributed by atoms with Crippen LogP contribution < -0.4 is 4.72 Å². The molecule has 0 aromatic carbocycles. The molecular formula is C12H18N4O3S. The first-order valence-electron chi connectivity index (χ1n) is 6.04. The largest absolute Gasteiger partial charge is 0.379 e. The van der Waals surface area contributed by atoms with Crippen LogP contribution in [0.5, 0.6) is 0 Å². The van der Waals surface area contributed by atoms with Gasteiger partial charge in [-0.25, -0.2) is 18.1 Å². The van der Waals surface area contributed by atoms with Crippen LogP contribution in [0, 0.1) is 11.3 Å². The van der Waals surface area contributed by atoms with Gasteiger partial charge in [0.25, 0.3) is 0 Å². The lowest BCUT2D eigenvalue weighted by atomic mass is 10.4. The average Bonchev–Trinajstić information content (AvgIpc) is 2.42. The van der Waals surface area contributed by atoms with Crippen molar-refractivity contribution in [3.63, 3.8) is 0 Å². The van der Waals surface area contributed by atoms with Crippen LogP contribution in [-0.2, 0) is 14.8 Å². The van der Waals surface area contributed by atoms with Crippen LogP contribution in [0.15, 0.2) is 23.2 Å². The van der Waals surface area contributed by atoms with Crippen LogP contribution >= 0.6 is 0 Å². The highest BCUT2D eigenvalue weighted by Gasteiger charge is 2.13. The van der Waals surface area contributed by atoms with Crippen LogP contribution in [0.4, 0.5) is 0 Å². The van der Waals surface area contributed by atoms with Gasteiger partial charge in [0, 0.05) is 19.3 Å². The van der Waals surface area contributed by atoms with Gasteiger partial charge < -0.3 is 9.64 Å². The molecule has 110 valence electrons. The van der Waals surface area contributed by atoms with Crippen molar-refractivity contribution in [3.05, 3.63) is 24.0 Å². The number of nitrogens with one attached hydrogen (secondary N) is 1. The van der Waals surface area contributed by atoms with Crippen LogP contribution in [0.3, 0.4) is 0 Å². The van der Waals surface area contributed by atoms with E-state index in [1.807, 2.05) is 25.1 Å². The van der Waals surface area contributed by atoms with E-state index in [-0.39, 0.29) is 17.1 Å². The highest BCUT2D eigenvalue weighted by atomic mass is 32.2. The van der Waals surface area contributed by atoms with E-state index < -0.39 is 10.0 Å². The number of ether oxygens (including phenoxy) is 1. The van der Waals surface area contributed by atoms with Crippen LogP contribution in [0.1, 0.15) is 5.69 Å². The summed E-state index contributed by atoms with van der Waals surface area (Å²) in [5.41, 5.74) is 0.177. The van der Waals surface area contributed by atoms with Crippen LogP contribution in [0.2, 0.25) is 0 Å². The Bertz CT molecular complexity index is 549. The summed E-state index contributed by atoms with van der Waals surface area (Å²) in [7, 11) is 0.268. The summed E-state index contributed by atoms with van der Waals surface area (Å²) in [6.45, 7) is 1.83. The summed E-state index contributed by atoms with van der Waals surface area (Å²) < 4.78 is 31.4. The molecule has 1 N–H and O–H groups in total. The molecule has 0 bridgehead atoms. The van der Waals surface area contributed by atoms with Crippen molar-refractivity contribution in [2.45, 2.75) is 4.90 Å². The predicted octanol–water partition coefficient (Wildman–Crippen LogP) is -0.190. The minimum absolute atomic E-state index is 0.0322. The number of hydrogen-bond acceptors (Lipinski definition) is 6. The van der Waals surface area contributed by atoms with Crippen molar-refractivity contribution < 1.29 is 13.2 Å². The topological polar surface area (TPSA) is 95.3 Å². The number of nitriles is 1. The Hall–Kier alpha value is -1.53. The predicted molar refractivity (Wildman–Crippen MR) is 73.5 cm³/mol. The second kappa shape index (κ2) is 7.91. The zero-order chi connectivity index (χ0) is 15.0. The van der Waals surface area contributed by atoms with Gasteiger partial charge in [-0.2, -0.15) is 5.26 Å². The summed E-state index contributed by atoms with van der Waals surface area (Å²) >= 11 is 0. The Morgan fingerprint density at radius 2 is 2.15 bits per heavy atom. The van der Waals surface area contributed by atoms with E-state index in [1.165, 1.54) is 12.1 Å². The van der Waals surface area contributed by atoms with Crippen molar-refractivity contribution in [1.82, 2.24) is 14.6 Å². The summed E-state index contributed by atoms with van der Waals surface area (Å²) in [6, 6.07) is 4.54. The molecular weight excluding hydrogens is 280 g/mol. The van der Waals surface area contributed by atoms with Crippen molar-refractivity contribution in [2.75, 3.05) is 40.4 Å². The van der Waals surface area contributed by atoms with E-state index in [9.17, 15) is 8.42 Å². The highest BCUT2D eigenvalue weighted by Crippen LogP contribution is 2.06. The van der Waals surface area contributed by atoms with Gasteiger partial charge in [-0.3, -0.25) is 0 Å². The quantitative estimate of drug-likeness (QED) is 0.668. The van der Waals surface area contributed by atoms with E-state index in [0.717, 1.165) is 12.7 Å². The normalized spacial score (nSPS) is 11.5. The van der Waals surface area contributed by atoms with Crippen molar-refractivity contribution in [1.29, 1.82) is 5.26 Å². The molecule has 0 fully saturated rings. The van der Waals surface area contributed by atoms with Gasteiger partial charge in [-0.05, 0) is 26.2 Å². The van der Waals surface area contributed by atoms with Crippen molar-refractivity contribution in [3.8, 4) is 6.07 Å². The molecule has 0 unspecified atom stereocenters. The standard InChI is InChI=1S/C12H18N4O3S/c1-16(2)6-8-19-7-5-15-20(17,18)12-4-3-11(9-13)14-10-12/h3-4,10,15H,5-8H2,1-2H3. The smallest absolute Gasteiger partial charge is 0.242 e. The molecule has 0 aliphatic heterocycles. The Balaban J connectivity index is 2.40. The van der Waals surface area contributed by atoms with E-state index in [4.69, 9.17) is 10.00 Å².